The van der Waals surface area contributed by atoms with Gasteiger partial charge in [-0.2, -0.15) is 0 Å². The summed E-state index contributed by atoms with van der Waals surface area (Å²) < 4.78 is 52.5. The standard InChI is InChI=1S/C23H16F3NO6/c1-31-15-7-2-5-13(11-15)19-18(20(28)17-9-4-10-32-17)21(29)22(30)27(19)14-6-3-8-16(12-14)33-23(24,25)26/h2-12,19,29H,1H3. The van der Waals surface area contributed by atoms with Crippen molar-refractivity contribution in [3.05, 3.63) is 89.6 Å². The smallest absolute Gasteiger partial charge is 0.503 e. The average molecular weight is 459 g/mol. The van der Waals surface area contributed by atoms with Gasteiger partial charge in [-0.15, -0.1) is 13.2 Å². The number of benzene rings is 2. The molecule has 1 N–H and O–H groups in total. The van der Waals surface area contributed by atoms with Crippen molar-refractivity contribution in [2.75, 3.05) is 12.0 Å². The van der Waals surface area contributed by atoms with Crippen LogP contribution in [-0.2, 0) is 4.79 Å². The second-order valence-corrected chi connectivity index (χ2v) is 6.97. The highest BCUT2D eigenvalue weighted by Crippen LogP contribution is 2.43. The highest BCUT2D eigenvalue weighted by molar-refractivity contribution is 6.20. The minimum atomic E-state index is -4.94. The van der Waals surface area contributed by atoms with Gasteiger partial charge in [-0.3, -0.25) is 14.5 Å². The van der Waals surface area contributed by atoms with Gasteiger partial charge in [0.05, 0.1) is 25.0 Å². The summed E-state index contributed by atoms with van der Waals surface area (Å²) in [5.74, 6) is -2.84. The zero-order chi connectivity index (χ0) is 23.8. The van der Waals surface area contributed by atoms with E-state index in [2.05, 4.69) is 4.74 Å². The number of carbonyl (C=O) groups excluding carboxylic acids is 2. The first-order valence-corrected chi connectivity index (χ1v) is 9.54. The highest BCUT2D eigenvalue weighted by atomic mass is 19.4. The van der Waals surface area contributed by atoms with Gasteiger partial charge in [-0.25, -0.2) is 0 Å². The third-order valence-electron chi connectivity index (χ3n) is 4.94. The molecule has 1 aliphatic heterocycles. The predicted molar refractivity (Wildman–Crippen MR) is 109 cm³/mol. The number of ketones is 1. The van der Waals surface area contributed by atoms with Gasteiger partial charge in [0.2, 0.25) is 5.78 Å². The number of halogens is 3. The van der Waals surface area contributed by atoms with E-state index in [0.29, 0.717) is 11.3 Å². The van der Waals surface area contributed by atoms with Gasteiger partial charge in [-0.05, 0) is 42.0 Å². The molecular weight excluding hydrogens is 443 g/mol. The Kier molecular flexibility index (Phi) is 5.59. The molecule has 2 heterocycles. The van der Waals surface area contributed by atoms with Crippen molar-refractivity contribution in [3.63, 3.8) is 0 Å². The first-order valence-electron chi connectivity index (χ1n) is 9.54. The van der Waals surface area contributed by atoms with Gasteiger partial charge in [-0.1, -0.05) is 18.2 Å². The van der Waals surface area contributed by atoms with E-state index in [9.17, 15) is 27.9 Å². The molecule has 170 valence electrons. The number of aliphatic hydroxyl groups is 1. The lowest BCUT2D eigenvalue weighted by atomic mass is 9.94. The van der Waals surface area contributed by atoms with Crippen molar-refractivity contribution in [1.29, 1.82) is 0 Å². The molecule has 0 spiro atoms. The molecule has 1 unspecified atom stereocenters. The summed E-state index contributed by atoms with van der Waals surface area (Å²) in [6, 6.07) is 12.8. The van der Waals surface area contributed by atoms with Crippen LogP contribution in [0.25, 0.3) is 0 Å². The molecule has 1 atom stereocenters. The lowest BCUT2D eigenvalue weighted by Gasteiger charge is -2.27. The molecular formula is C23H16F3NO6. The molecule has 3 aromatic rings. The van der Waals surface area contributed by atoms with Crippen LogP contribution >= 0.6 is 0 Å². The summed E-state index contributed by atoms with van der Waals surface area (Å²) in [5.41, 5.74) is 0.0671. The van der Waals surface area contributed by atoms with Crippen LogP contribution in [0.4, 0.5) is 18.9 Å². The molecule has 2 aromatic carbocycles. The summed E-state index contributed by atoms with van der Waals surface area (Å²) in [7, 11) is 1.43. The molecule has 1 aromatic heterocycles. The fourth-order valence-electron chi connectivity index (χ4n) is 3.60. The molecule has 0 radical (unpaired) electrons. The second-order valence-electron chi connectivity index (χ2n) is 6.97. The van der Waals surface area contributed by atoms with Crippen LogP contribution < -0.4 is 14.4 Å². The number of anilines is 1. The summed E-state index contributed by atoms with van der Waals surface area (Å²) >= 11 is 0. The van der Waals surface area contributed by atoms with E-state index in [4.69, 9.17) is 9.15 Å². The number of hydrogen-bond donors (Lipinski definition) is 1. The van der Waals surface area contributed by atoms with Crippen molar-refractivity contribution in [1.82, 2.24) is 0 Å². The fraction of sp³-hybridized carbons (Fsp3) is 0.130. The Morgan fingerprint density at radius 1 is 1.06 bits per heavy atom. The summed E-state index contributed by atoms with van der Waals surface area (Å²) in [4.78, 5) is 27.2. The molecule has 33 heavy (non-hydrogen) atoms. The van der Waals surface area contributed by atoms with E-state index in [0.717, 1.165) is 17.0 Å². The highest BCUT2D eigenvalue weighted by Gasteiger charge is 2.45. The van der Waals surface area contributed by atoms with Crippen molar-refractivity contribution < 1.29 is 41.8 Å². The zero-order valence-corrected chi connectivity index (χ0v) is 17.0. The van der Waals surface area contributed by atoms with Gasteiger partial charge in [0.15, 0.2) is 11.5 Å². The van der Waals surface area contributed by atoms with Crippen LogP contribution in [0.1, 0.15) is 22.2 Å². The first-order chi connectivity index (χ1) is 15.7. The SMILES string of the molecule is COc1cccc(C2C(C(=O)c3ccco3)=C(O)C(=O)N2c2cccc(OC(F)(F)F)c2)c1. The Labute approximate surface area is 185 Å². The third kappa shape index (κ3) is 4.27. The number of hydrogen-bond acceptors (Lipinski definition) is 6. The normalized spacial score (nSPS) is 16.3. The number of Topliss-reactive ketones (excluding diaryl/α,β-unsaturated/α-hetero) is 1. The number of rotatable bonds is 6. The van der Waals surface area contributed by atoms with Crippen LogP contribution in [0, 0.1) is 0 Å². The molecule has 0 aliphatic carbocycles. The van der Waals surface area contributed by atoms with Crippen molar-refractivity contribution >= 4 is 17.4 Å². The van der Waals surface area contributed by atoms with Gasteiger partial charge in [0.1, 0.15) is 11.5 Å². The van der Waals surface area contributed by atoms with Gasteiger partial charge < -0.3 is 19.0 Å². The van der Waals surface area contributed by atoms with E-state index in [1.165, 1.54) is 37.6 Å². The van der Waals surface area contributed by atoms with Gasteiger partial charge in [0, 0.05) is 11.8 Å². The van der Waals surface area contributed by atoms with Gasteiger partial charge in [0.25, 0.3) is 5.91 Å². The van der Waals surface area contributed by atoms with E-state index in [1.807, 2.05) is 0 Å². The molecule has 10 heteroatoms. The van der Waals surface area contributed by atoms with Crippen LogP contribution in [-0.4, -0.2) is 30.3 Å². The minimum Gasteiger partial charge on any atom is -0.503 e. The lowest BCUT2D eigenvalue weighted by Crippen LogP contribution is -2.31. The zero-order valence-electron chi connectivity index (χ0n) is 17.0. The molecule has 1 amide bonds. The Morgan fingerprint density at radius 2 is 1.79 bits per heavy atom. The molecule has 7 nitrogen and oxygen atoms in total. The van der Waals surface area contributed by atoms with E-state index < -0.39 is 35.6 Å². The van der Waals surface area contributed by atoms with Gasteiger partial charge >= 0.3 is 6.36 Å². The van der Waals surface area contributed by atoms with Crippen LogP contribution in [0.15, 0.2) is 82.7 Å². The monoisotopic (exact) mass is 459 g/mol. The van der Waals surface area contributed by atoms with Crippen LogP contribution in [0.3, 0.4) is 0 Å². The Bertz CT molecular complexity index is 1230. The molecule has 0 fully saturated rings. The number of amides is 1. The lowest BCUT2D eigenvalue weighted by molar-refractivity contribution is -0.274. The van der Waals surface area contributed by atoms with Crippen LogP contribution in [0.5, 0.6) is 11.5 Å². The Morgan fingerprint density at radius 3 is 2.45 bits per heavy atom. The van der Waals surface area contributed by atoms with Crippen LogP contribution in [0.2, 0.25) is 0 Å². The first kappa shape index (κ1) is 22.0. The van der Waals surface area contributed by atoms with Crippen molar-refractivity contribution in [3.8, 4) is 11.5 Å². The van der Waals surface area contributed by atoms with Crippen molar-refractivity contribution in [2.45, 2.75) is 12.4 Å². The number of nitrogens with zero attached hydrogens (tertiary/aromatic N) is 1. The number of furan rings is 1. The topological polar surface area (TPSA) is 89.2 Å². The quantitative estimate of drug-likeness (QED) is 0.524. The number of aliphatic hydroxyl groups excluding tert-OH is 1. The summed E-state index contributed by atoms with van der Waals surface area (Å²) in [6.45, 7) is 0. The van der Waals surface area contributed by atoms with Crippen molar-refractivity contribution in [2.24, 2.45) is 0 Å². The maximum Gasteiger partial charge on any atom is 0.573 e. The largest absolute Gasteiger partial charge is 0.573 e. The Balaban J connectivity index is 1.85. The average Bonchev–Trinajstić information content (AvgIpc) is 3.40. The predicted octanol–water partition coefficient (Wildman–Crippen LogP) is 4.97. The molecule has 0 saturated carbocycles. The summed E-state index contributed by atoms with van der Waals surface area (Å²) in [5, 5.41) is 10.7. The molecule has 1 aliphatic rings. The second kappa shape index (κ2) is 8.38. The summed E-state index contributed by atoms with van der Waals surface area (Å²) in [6.07, 6.45) is -3.68. The number of carbonyl (C=O) groups is 2. The molecule has 4 rings (SSSR count). The minimum absolute atomic E-state index is 0.0247. The fourth-order valence-corrected chi connectivity index (χ4v) is 3.60. The maximum atomic E-state index is 13.1. The number of alkyl halides is 3. The maximum absolute atomic E-state index is 13.1. The molecule has 0 saturated heterocycles. The number of ether oxygens (including phenoxy) is 2. The van der Waals surface area contributed by atoms with E-state index >= 15 is 0 Å². The van der Waals surface area contributed by atoms with E-state index in [-0.39, 0.29) is 17.0 Å². The third-order valence-corrected chi connectivity index (χ3v) is 4.94. The van der Waals surface area contributed by atoms with E-state index in [1.54, 1.807) is 24.3 Å². The Hall–Kier alpha value is -4.21. The molecule has 0 bridgehead atoms. The number of methoxy groups -OCH3 is 1.